The molecule has 7 aliphatic rings. The Morgan fingerprint density at radius 3 is 1.18 bits per heavy atom. The highest BCUT2D eigenvalue weighted by Crippen LogP contribution is 2.40. The lowest BCUT2D eigenvalue weighted by atomic mass is 9.79. The summed E-state index contributed by atoms with van der Waals surface area (Å²) < 4.78 is 44.7. The third kappa shape index (κ3) is 20.8. The summed E-state index contributed by atoms with van der Waals surface area (Å²) >= 11 is 12.0. The largest absolute Gasteiger partial charge is 0.498 e. The Morgan fingerprint density at radius 1 is 0.387 bits per heavy atom. The molecule has 7 saturated heterocycles. The molecule has 0 spiro atoms. The van der Waals surface area contributed by atoms with Gasteiger partial charge in [0.2, 0.25) is 0 Å². The molecular formula is C82H121B3Cl2N18O6. The van der Waals surface area contributed by atoms with E-state index in [4.69, 9.17) is 51.1 Å². The molecule has 7 fully saturated rings. The van der Waals surface area contributed by atoms with Gasteiger partial charge in [0, 0.05) is 119 Å². The number of pyridine rings is 4. The Hall–Kier alpha value is -6.46. The van der Waals surface area contributed by atoms with Crippen LogP contribution in [-0.2, 0) is 54.1 Å². The maximum Gasteiger partial charge on any atom is 0.498 e. The van der Waals surface area contributed by atoms with E-state index in [9.17, 15) is 0 Å². The quantitative estimate of drug-likeness (QED) is 0.0522. The molecule has 29 heteroatoms. The van der Waals surface area contributed by atoms with Crippen LogP contribution < -0.4 is 16.4 Å². The van der Waals surface area contributed by atoms with Crippen molar-refractivity contribution < 1.29 is 27.9 Å². The Bertz CT molecular complexity index is 4360. The molecule has 598 valence electrons. The number of halogens is 2. The van der Waals surface area contributed by atoms with Crippen molar-refractivity contribution in [2.75, 3.05) is 78.5 Å². The van der Waals surface area contributed by atoms with E-state index >= 15 is 0 Å². The van der Waals surface area contributed by atoms with Crippen LogP contribution in [0.3, 0.4) is 0 Å². The molecule has 0 amide bonds. The maximum atomic E-state index is 6.15. The number of hydrogen-bond donors (Lipinski definition) is 1. The van der Waals surface area contributed by atoms with Gasteiger partial charge in [-0.15, -0.1) is 0 Å². The van der Waals surface area contributed by atoms with Crippen LogP contribution in [-0.4, -0.2) is 222 Å². The molecule has 0 saturated carbocycles. The summed E-state index contributed by atoms with van der Waals surface area (Å²) in [5.74, 6) is 0. The first-order valence-electron chi connectivity index (χ1n) is 40.8. The first kappa shape index (κ1) is 84.0. The number of rotatable bonds is 21. The lowest BCUT2D eigenvalue weighted by Gasteiger charge is -2.32. The Kier molecular flexibility index (Phi) is 27.3. The molecule has 9 aromatic rings. The van der Waals surface area contributed by atoms with Crippen LogP contribution in [0.25, 0.3) is 44.3 Å². The van der Waals surface area contributed by atoms with Crippen LogP contribution in [0.1, 0.15) is 189 Å². The van der Waals surface area contributed by atoms with Crippen molar-refractivity contribution in [3.63, 3.8) is 0 Å². The van der Waals surface area contributed by atoms with E-state index in [0.717, 1.165) is 148 Å². The summed E-state index contributed by atoms with van der Waals surface area (Å²) in [4.78, 5) is 27.9. The van der Waals surface area contributed by atoms with Gasteiger partial charge < -0.3 is 47.5 Å². The molecule has 0 bridgehead atoms. The molecular weight excluding hydrogens is 1440 g/mol. The average Bonchev–Trinajstić information content (AvgIpc) is 1.63. The SMILES string of the molecule is Cc1[nH]ncc1B1OC(C)(C)C(C)(C)O1.Cc1c(-c2cnc3ccc(Cl)nc3c2)cnn1CCCN1CCCC1.Cc1c(B2OC(C)(C)C(C)(C)O2)cnn1CCCN1CCCC1.Cc1nn(CCCN2CCCC2)cc1-c1cnc2ccc(Cl)nc2c1.Cc1nn(CCCN2CCCC2)cc1B1OC(C)(C)C(C)(C)O1. The summed E-state index contributed by atoms with van der Waals surface area (Å²) in [6.07, 6.45) is 28.9. The predicted octanol–water partition coefficient (Wildman–Crippen LogP) is 12.9. The molecule has 0 radical (unpaired) electrons. The van der Waals surface area contributed by atoms with Gasteiger partial charge in [0.15, 0.2) is 0 Å². The molecule has 16 heterocycles. The number of likely N-dealkylation sites (tertiary alicyclic amines) is 4. The van der Waals surface area contributed by atoms with Gasteiger partial charge in [-0.3, -0.25) is 33.8 Å². The van der Waals surface area contributed by atoms with E-state index in [1.54, 1.807) is 18.3 Å². The zero-order valence-electron chi connectivity index (χ0n) is 69.3. The maximum absolute atomic E-state index is 6.15. The number of hydrogen-bond acceptors (Lipinski definition) is 19. The zero-order valence-corrected chi connectivity index (χ0v) is 70.9. The van der Waals surface area contributed by atoms with E-state index < -0.39 is 0 Å². The van der Waals surface area contributed by atoms with Gasteiger partial charge in [0.05, 0.1) is 73.3 Å². The highest BCUT2D eigenvalue weighted by atomic mass is 35.5. The second-order valence-corrected chi connectivity index (χ2v) is 35.0. The highest BCUT2D eigenvalue weighted by molar-refractivity contribution is 6.63. The van der Waals surface area contributed by atoms with Crippen LogP contribution in [0.15, 0.2) is 79.8 Å². The first-order valence-corrected chi connectivity index (χ1v) is 41.5. The normalized spacial score (nSPS) is 19.9. The predicted molar refractivity (Wildman–Crippen MR) is 447 cm³/mol. The third-order valence-electron chi connectivity index (χ3n) is 24.4. The van der Waals surface area contributed by atoms with Crippen LogP contribution in [0.2, 0.25) is 10.3 Å². The molecule has 7 aliphatic heterocycles. The standard InChI is InChI=1S/2C19H22ClN5.2C17H30BN3O2.C10H17BN2O2/c1-14-16(13-25(23-14)10-4-9-24-7-2-3-8-24)15-11-18-17(21-12-15)5-6-19(20)22-18;1-14-16(13-22-25(14)10-4-9-24-7-2-3-8-24)15-11-18-17(21-12-15)5-6-19(20)23-18;1-14-15(18-22-16(2,3)17(4,5)23-18)13-21(19-14)12-8-11-20-9-6-7-10-20;1-14-15(18-22-16(2,3)17(4,5)23-18)13-19-21(14)12-8-11-20-9-6-7-10-20;1-7-8(6-12-13-7)11-14-9(2,3)10(4,5)15-11/h2*5-6,11-13H,2-4,7-10H2,1H3;2*13H,6-12H2,1-5H3;6H,1-5H3,(H,12,13). The topological polar surface area (TPSA) is 220 Å². The minimum absolute atomic E-state index is 0.290. The van der Waals surface area contributed by atoms with Crippen LogP contribution >= 0.6 is 23.2 Å². The van der Waals surface area contributed by atoms with Gasteiger partial charge in [-0.1, -0.05) is 23.2 Å². The van der Waals surface area contributed by atoms with Gasteiger partial charge in [-0.25, -0.2) is 9.97 Å². The Labute approximate surface area is 669 Å². The van der Waals surface area contributed by atoms with Crippen LogP contribution in [0, 0.1) is 34.6 Å². The summed E-state index contributed by atoms with van der Waals surface area (Å²) in [7, 11) is -0.937. The highest BCUT2D eigenvalue weighted by Gasteiger charge is 2.55. The van der Waals surface area contributed by atoms with Gasteiger partial charge in [-0.05, 0) is 310 Å². The number of nitrogens with zero attached hydrogens (tertiary/aromatic N) is 17. The number of nitrogens with one attached hydrogen (secondary N) is 1. The van der Waals surface area contributed by atoms with Crippen LogP contribution in [0.4, 0.5) is 0 Å². The second kappa shape index (κ2) is 36.2. The molecule has 1 N–H and O–H groups in total. The van der Waals surface area contributed by atoms with Crippen molar-refractivity contribution in [1.82, 2.24) is 88.9 Å². The first-order chi connectivity index (χ1) is 52.8. The summed E-state index contributed by atoms with van der Waals surface area (Å²) in [5.41, 5.74) is 14.3. The average molecular weight is 1560 g/mol. The van der Waals surface area contributed by atoms with E-state index in [2.05, 4.69) is 166 Å². The zero-order chi connectivity index (χ0) is 79.0. The van der Waals surface area contributed by atoms with Crippen molar-refractivity contribution >= 4 is 83.0 Å². The number of H-pyrrole nitrogens is 1. The summed E-state index contributed by atoms with van der Waals surface area (Å²) in [5, 5.41) is 26.3. The number of fused-ring (bicyclic) bond motifs is 2. The van der Waals surface area contributed by atoms with E-state index in [1.807, 2.05) is 102 Å². The fourth-order valence-electron chi connectivity index (χ4n) is 15.3. The Morgan fingerprint density at radius 2 is 0.757 bits per heavy atom. The molecule has 0 atom stereocenters. The third-order valence-corrected chi connectivity index (χ3v) is 24.8. The molecule has 24 nitrogen and oxygen atoms in total. The van der Waals surface area contributed by atoms with E-state index in [1.165, 1.54) is 123 Å². The van der Waals surface area contributed by atoms with Gasteiger partial charge in [0.1, 0.15) is 10.3 Å². The molecule has 9 aromatic heterocycles. The Balaban J connectivity index is 0.000000130. The number of aromatic amines is 1. The fraction of sp³-hybridized carbons (Fsp3) is 0.622. The molecule has 111 heavy (non-hydrogen) atoms. The van der Waals surface area contributed by atoms with Gasteiger partial charge in [0.25, 0.3) is 0 Å². The lowest BCUT2D eigenvalue weighted by molar-refractivity contribution is 0.00578. The van der Waals surface area contributed by atoms with Gasteiger partial charge >= 0.3 is 21.4 Å². The molecule has 0 aliphatic carbocycles. The van der Waals surface area contributed by atoms with Crippen molar-refractivity contribution in [3.05, 3.63) is 119 Å². The minimum Gasteiger partial charge on any atom is -0.399 e. The second-order valence-electron chi connectivity index (χ2n) is 34.2. The minimum atomic E-state index is -0.313. The number of aryl methyl sites for hydroxylation is 7. The summed E-state index contributed by atoms with van der Waals surface area (Å²) in [6, 6.07) is 11.4. The van der Waals surface area contributed by atoms with Gasteiger partial charge in [-0.2, -0.15) is 25.5 Å². The van der Waals surface area contributed by atoms with E-state index in [0.29, 0.717) is 10.3 Å². The smallest absolute Gasteiger partial charge is 0.399 e. The summed E-state index contributed by atoms with van der Waals surface area (Å²) in [6.45, 7) is 53.7. The monoisotopic (exact) mass is 1560 g/mol. The van der Waals surface area contributed by atoms with Crippen molar-refractivity contribution in [2.45, 2.75) is 255 Å². The van der Waals surface area contributed by atoms with Crippen molar-refractivity contribution in [1.29, 1.82) is 0 Å². The molecule has 0 unspecified atom stereocenters. The lowest BCUT2D eigenvalue weighted by Crippen LogP contribution is -2.41. The number of aromatic nitrogens is 14. The fourth-order valence-corrected chi connectivity index (χ4v) is 15.6. The molecule has 0 aromatic carbocycles. The van der Waals surface area contributed by atoms with Crippen molar-refractivity contribution in [2.24, 2.45) is 0 Å². The molecule has 16 rings (SSSR count). The van der Waals surface area contributed by atoms with E-state index in [-0.39, 0.29) is 55.0 Å². The van der Waals surface area contributed by atoms with Crippen molar-refractivity contribution in [3.8, 4) is 22.3 Å². The van der Waals surface area contributed by atoms with Crippen LogP contribution in [0.5, 0.6) is 0 Å².